The molecule has 2 aliphatic heterocycles. The molecule has 0 aromatic heterocycles. The summed E-state index contributed by atoms with van der Waals surface area (Å²) in [5, 5.41) is 8.75. The van der Waals surface area contributed by atoms with Gasteiger partial charge in [-0.2, -0.15) is 0 Å². The van der Waals surface area contributed by atoms with Crippen LogP contribution in [0, 0.1) is 0 Å². The van der Waals surface area contributed by atoms with Crippen molar-refractivity contribution < 1.29 is 14.7 Å². The molecule has 0 saturated carbocycles. The number of carbonyl (C=O) groups excluding carboxylic acids is 1. The number of nitrogens with two attached hydrogens (primary N) is 1. The molecule has 0 spiro atoms. The first-order chi connectivity index (χ1) is 6.54. The van der Waals surface area contributed by atoms with E-state index in [9.17, 15) is 9.59 Å². The van der Waals surface area contributed by atoms with Crippen LogP contribution in [0.3, 0.4) is 0 Å². The quantitative estimate of drug-likeness (QED) is 0.580. The van der Waals surface area contributed by atoms with E-state index < -0.39 is 12.0 Å². The molecule has 14 heavy (non-hydrogen) atoms. The third-order valence-corrected chi connectivity index (χ3v) is 3.85. The van der Waals surface area contributed by atoms with E-state index in [4.69, 9.17) is 10.8 Å². The van der Waals surface area contributed by atoms with E-state index in [1.54, 1.807) is 6.92 Å². The largest absolute Gasteiger partial charge is 0.477 e. The lowest BCUT2D eigenvalue weighted by Crippen LogP contribution is -2.68. The highest BCUT2D eigenvalue weighted by Crippen LogP contribution is 2.38. The molecule has 2 atom stereocenters. The zero-order chi connectivity index (χ0) is 10.5. The molecule has 3 N–H and O–H groups in total. The van der Waals surface area contributed by atoms with Gasteiger partial charge in [-0.05, 0) is 12.5 Å². The lowest BCUT2D eigenvalue weighted by molar-refractivity contribution is -0.147. The minimum atomic E-state index is -1.05. The molecule has 6 heteroatoms. The second kappa shape index (κ2) is 2.99. The molecule has 1 saturated heterocycles. The van der Waals surface area contributed by atoms with Gasteiger partial charge in [0.1, 0.15) is 17.1 Å². The molecular weight excluding hydrogens is 204 g/mol. The average Bonchev–Trinajstić information content (AvgIpc) is 2.15. The molecule has 0 aromatic rings. The Hall–Kier alpha value is -1.01. The summed E-state index contributed by atoms with van der Waals surface area (Å²) in [6.07, 6.45) is 0. The van der Waals surface area contributed by atoms with Crippen molar-refractivity contribution in [1.82, 2.24) is 4.90 Å². The minimum Gasteiger partial charge on any atom is -0.477 e. The molecular formula is C8H10N2O3S. The summed E-state index contributed by atoms with van der Waals surface area (Å²) in [4.78, 5) is 23.5. The topological polar surface area (TPSA) is 83.6 Å². The zero-order valence-corrected chi connectivity index (χ0v) is 8.37. The van der Waals surface area contributed by atoms with Crippen molar-refractivity contribution in [3.8, 4) is 0 Å². The number of fused-ring (bicyclic) bond motifs is 1. The number of carboxylic acid groups (broad SMARTS) is 1. The highest BCUT2D eigenvalue weighted by atomic mass is 32.2. The highest BCUT2D eigenvalue weighted by molar-refractivity contribution is 8.00. The van der Waals surface area contributed by atoms with E-state index in [-0.39, 0.29) is 17.0 Å². The van der Waals surface area contributed by atoms with Gasteiger partial charge >= 0.3 is 5.97 Å². The summed E-state index contributed by atoms with van der Waals surface area (Å²) in [6.45, 7) is 1.73. The van der Waals surface area contributed by atoms with E-state index in [0.717, 1.165) is 5.57 Å². The fourth-order valence-electron chi connectivity index (χ4n) is 1.67. The van der Waals surface area contributed by atoms with Gasteiger partial charge in [-0.15, -0.1) is 11.8 Å². The molecule has 76 valence electrons. The summed E-state index contributed by atoms with van der Waals surface area (Å²) in [5.41, 5.74) is 6.39. The van der Waals surface area contributed by atoms with Crippen molar-refractivity contribution in [2.75, 3.05) is 5.75 Å². The number of hydrogen-bond donors (Lipinski definition) is 2. The van der Waals surface area contributed by atoms with Crippen molar-refractivity contribution in [2.24, 2.45) is 5.73 Å². The first-order valence-corrected chi connectivity index (χ1v) is 5.22. The van der Waals surface area contributed by atoms with Crippen LogP contribution >= 0.6 is 11.8 Å². The molecule has 2 rings (SSSR count). The van der Waals surface area contributed by atoms with Crippen LogP contribution in [0.2, 0.25) is 0 Å². The number of thioether (sulfide) groups is 1. The zero-order valence-electron chi connectivity index (χ0n) is 7.56. The molecule has 0 bridgehead atoms. The van der Waals surface area contributed by atoms with Gasteiger partial charge in [0, 0.05) is 5.75 Å². The summed E-state index contributed by atoms with van der Waals surface area (Å²) in [7, 11) is 0. The standard InChI is InChI=1S/C8H10N2O3S/c1-3-2-14-7-4(9)6(11)10(7)5(3)8(12)13/h4,7H,2,9H2,1H3,(H,12,13)/t4-,7-/m1/s1. The van der Waals surface area contributed by atoms with Gasteiger partial charge in [-0.25, -0.2) is 4.79 Å². The van der Waals surface area contributed by atoms with Gasteiger partial charge in [0.05, 0.1) is 0 Å². The summed E-state index contributed by atoms with van der Waals surface area (Å²) in [5.74, 6) is -0.712. The van der Waals surface area contributed by atoms with E-state index in [0.29, 0.717) is 5.75 Å². The maximum Gasteiger partial charge on any atom is 0.352 e. The van der Waals surface area contributed by atoms with Crippen LogP contribution in [-0.2, 0) is 9.59 Å². The van der Waals surface area contributed by atoms with E-state index in [2.05, 4.69) is 0 Å². The van der Waals surface area contributed by atoms with E-state index in [1.165, 1.54) is 16.7 Å². The van der Waals surface area contributed by atoms with Gasteiger partial charge in [0.25, 0.3) is 0 Å². The van der Waals surface area contributed by atoms with Crippen molar-refractivity contribution in [1.29, 1.82) is 0 Å². The molecule has 2 aliphatic rings. The van der Waals surface area contributed by atoms with Crippen molar-refractivity contribution in [3.63, 3.8) is 0 Å². The lowest BCUT2D eigenvalue weighted by atomic mass is 10.0. The Morgan fingerprint density at radius 3 is 2.93 bits per heavy atom. The van der Waals surface area contributed by atoms with Gasteiger partial charge in [-0.1, -0.05) is 0 Å². The third kappa shape index (κ3) is 1.07. The second-order valence-electron chi connectivity index (χ2n) is 3.37. The highest BCUT2D eigenvalue weighted by Gasteiger charge is 2.51. The predicted octanol–water partition coefficient (Wildman–Crippen LogP) is -0.413. The third-order valence-electron chi connectivity index (χ3n) is 2.40. The summed E-state index contributed by atoms with van der Waals surface area (Å²) < 4.78 is 0. The first-order valence-electron chi connectivity index (χ1n) is 4.17. The van der Waals surface area contributed by atoms with Gasteiger partial charge < -0.3 is 10.8 Å². The summed E-state index contributed by atoms with van der Waals surface area (Å²) in [6, 6.07) is -0.539. The number of hydrogen-bond acceptors (Lipinski definition) is 4. The van der Waals surface area contributed by atoms with Crippen LogP contribution in [-0.4, -0.2) is 39.1 Å². The van der Waals surface area contributed by atoms with Crippen LogP contribution in [0.4, 0.5) is 0 Å². The van der Waals surface area contributed by atoms with Gasteiger partial charge in [0.2, 0.25) is 5.91 Å². The number of β-lactam (4-membered cyclic amide) rings is 1. The monoisotopic (exact) mass is 214 g/mol. The normalized spacial score (nSPS) is 31.3. The van der Waals surface area contributed by atoms with E-state index in [1.807, 2.05) is 0 Å². The molecule has 0 aliphatic carbocycles. The fourth-order valence-corrected chi connectivity index (χ4v) is 2.91. The first kappa shape index (κ1) is 9.54. The maximum absolute atomic E-state index is 11.3. The second-order valence-corrected chi connectivity index (χ2v) is 4.47. The van der Waals surface area contributed by atoms with Crippen LogP contribution < -0.4 is 5.73 Å². The number of carboxylic acids is 1. The van der Waals surface area contributed by atoms with Crippen LogP contribution in [0.15, 0.2) is 11.3 Å². The van der Waals surface area contributed by atoms with E-state index >= 15 is 0 Å². The Balaban J connectivity index is 2.37. The number of carbonyl (C=O) groups is 2. The van der Waals surface area contributed by atoms with Crippen LogP contribution in [0.5, 0.6) is 0 Å². The molecule has 0 radical (unpaired) electrons. The fraction of sp³-hybridized carbons (Fsp3) is 0.500. The van der Waals surface area contributed by atoms with Crippen molar-refractivity contribution in [3.05, 3.63) is 11.3 Å². The Morgan fingerprint density at radius 2 is 2.36 bits per heavy atom. The van der Waals surface area contributed by atoms with Crippen molar-refractivity contribution in [2.45, 2.75) is 18.3 Å². The minimum absolute atomic E-state index is 0.112. The molecule has 5 nitrogen and oxygen atoms in total. The SMILES string of the molecule is CC1=C(C(=O)O)N2C(=O)[C@@H](N)[C@H]2SC1. The summed E-state index contributed by atoms with van der Waals surface area (Å²) >= 11 is 1.51. The molecule has 1 fully saturated rings. The number of rotatable bonds is 1. The van der Waals surface area contributed by atoms with Gasteiger partial charge in [-0.3, -0.25) is 9.69 Å². The van der Waals surface area contributed by atoms with Crippen molar-refractivity contribution >= 4 is 23.6 Å². The predicted molar refractivity (Wildman–Crippen MR) is 51.4 cm³/mol. The molecule has 2 heterocycles. The Morgan fingerprint density at radius 1 is 1.71 bits per heavy atom. The number of aliphatic carboxylic acids is 1. The Bertz CT molecular complexity index is 352. The molecule has 0 unspecified atom stereocenters. The van der Waals surface area contributed by atoms with Crippen LogP contribution in [0.1, 0.15) is 6.92 Å². The Kier molecular flexibility index (Phi) is 2.04. The number of amides is 1. The van der Waals surface area contributed by atoms with Gasteiger partial charge in [0.15, 0.2) is 0 Å². The lowest BCUT2D eigenvalue weighted by Gasteiger charge is -2.47. The maximum atomic E-state index is 11.3. The molecule has 1 amide bonds. The Labute approximate surface area is 84.9 Å². The number of nitrogens with zero attached hydrogens (tertiary/aromatic N) is 1. The molecule has 0 aromatic carbocycles. The van der Waals surface area contributed by atoms with Crippen LogP contribution in [0.25, 0.3) is 0 Å². The average molecular weight is 214 g/mol. The smallest absolute Gasteiger partial charge is 0.352 e.